The van der Waals surface area contributed by atoms with Gasteiger partial charge in [0, 0.05) is 29.7 Å². The third-order valence-corrected chi connectivity index (χ3v) is 5.78. The second-order valence-electron chi connectivity index (χ2n) is 7.67. The van der Waals surface area contributed by atoms with E-state index in [4.69, 9.17) is 16.3 Å². The zero-order valence-corrected chi connectivity index (χ0v) is 17.0. The molecule has 0 spiro atoms. The topological polar surface area (TPSA) is 84.4 Å². The molecule has 2 heterocycles. The van der Waals surface area contributed by atoms with Gasteiger partial charge in [0.1, 0.15) is 6.10 Å². The summed E-state index contributed by atoms with van der Waals surface area (Å²) in [6, 6.07) is 7.24. The summed E-state index contributed by atoms with van der Waals surface area (Å²) >= 11 is 5.91. The average molecular weight is 433 g/mol. The molecule has 4 rings (SSSR count). The van der Waals surface area contributed by atoms with Crippen molar-refractivity contribution >= 4 is 29.1 Å². The maximum atomic E-state index is 12.9. The molecule has 1 aliphatic heterocycles. The van der Waals surface area contributed by atoms with Gasteiger partial charge < -0.3 is 15.0 Å². The summed E-state index contributed by atoms with van der Waals surface area (Å²) in [7, 11) is 0. The monoisotopic (exact) mass is 432 g/mol. The number of carbonyl (C=O) groups excluding carboxylic acids is 2. The van der Waals surface area contributed by atoms with E-state index in [2.05, 4.69) is 15.3 Å². The number of benzene rings is 1. The van der Waals surface area contributed by atoms with E-state index in [0.717, 1.165) is 43.8 Å². The van der Waals surface area contributed by atoms with Gasteiger partial charge in [0.15, 0.2) is 5.82 Å². The van der Waals surface area contributed by atoms with Crippen LogP contribution < -0.4 is 15.0 Å². The molecule has 2 aliphatic rings. The van der Waals surface area contributed by atoms with E-state index in [0.29, 0.717) is 11.6 Å². The van der Waals surface area contributed by atoms with Gasteiger partial charge in [-0.1, -0.05) is 11.6 Å². The predicted octanol–water partition coefficient (Wildman–Crippen LogP) is 3.13. The minimum atomic E-state index is -0.506. The van der Waals surface area contributed by atoms with Crippen LogP contribution in [0.2, 0.25) is 5.02 Å². The van der Waals surface area contributed by atoms with Crippen LogP contribution in [0.25, 0.3) is 0 Å². The quantitative estimate of drug-likeness (QED) is 0.784. The van der Waals surface area contributed by atoms with Crippen molar-refractivity contribution in [1.29, 1.82) is 0 Å². The molecule has 1 aliphatic carbocycles. The van der Waals surface area contributed by atoms with Gasteiger partial charge in [0.2, 0.25) is 11.8 Å². The molecule has 158 valence electrons. The summed E-state index contributed by atoms with van der Waals surface area (Å²) in [6.45, 7) is 0.368. The molecule has 2 amide bonds. The number of nitrogens with zero attached hydrogens (tertiary/aromatic N) is 3. The maximum absolute atomic E-state index is 12.9. The first-order valence-electron chi connectivity index (χ1n) is 9.98. The molecule has 2 fully saturated rings. The van der Waals surface area contributed by atoms with E-state index >= 15 is 0 Å². The van der Waals surface area contributed by atoms with Crippen LogP contribution in [-0.2, 0) is 9.59 Å². The van der Waals surface area contributed by atoms with Gasteiger partial charge in [-0.2, -0.15) is 0 Å². The average Bonchev–Trinajstić information content (AvgIpc) is 3.13. The van der Waals surface area contributed by atoms with Crippen LogP contribution in [0.4, 0.5) is 10.1 Å². The van der Waals surface area contributed by atoms with Crippen molar-refractivity contribution in [1.82, 2.24) is 15.3 Å². The Hall–Kier alpha value is -2.74. The first-order valence-corrected chi connectivity index (χ1v) is 10.4. The Bertz CT molecular complexity index is 901. The fourth-order valence-electron chi connectivity index (χ4n) is 3.91. The summed E-state index contributed by atoms with van der Waals surface area (Å²) in [6.07, 6.45) is 5.30. The fraction of sp³-hybridized carbons (Fsp3) is 0.429. The van der Waals surface area contributed by atoms with E-state index in [1.54, 1.807) is 29.2 Å². The number of halogens is 2. The summed E-state index contributed by atoms with van der Waals surface area (Å²) < 4.78 is 18.6. The number of rotatable bonds is 5. The second kappa shape index (κ2) is 8.95. The second-order valence-corrected chi connectivity index (χ2v) is 8.10. The van der Waals surface area contributed by atoms with Crippen LogP contribution in [0.5, 0.6) is 6.01 Å². The van der Waals surface area contributed by atoms with E-state index in [-0.39, 0.29) is 42.3 Å². The molecule has 1 saturated carbocycles. The number of anilines is 1. The molecule has 1 unspecified atom stereocenters. The molecular formula is C21H22ClFN4O3. The summed E-state index contributed by atoms with van der Waals surface area (Å²) in [5.41, 5.74) is 0.750. The number of carbonyl (C=O) groups is 2. The van der Waals surface area contributed by atoms with Gasteiger partial charge >= 0.3 is 6.01 Å². The van der Waals surface area contributed by atoms with Gasteiger partial charge in [0.05, 0.1) is 18.3 Å². The normalized spacial score (nSPS) is 24.0. The third-order valence-electron chi connectivity index (χ3n) is 5.52. The van der Waals surface area contributed by atoms with Crippen molar-refractivity contribution in [3.05, 3.63) is 47.5 Å². The van der Waals surface area contributed by atoms with Crippen molar-refractivity contribution < 1.29 is 18.7 Å². The molecule has 1 atom stereocenters. The molecule has 1 aromatic heterocycles. The number of aromatic nitrogens is 2. The highest BCUT2D eigenvalue weighted by Gasteiger charge is 2.36. The molecule has 7 nitrogen and oxygen atoms in total. The highest BCUT2D eigenvalue weighted by Crippen LogP contribution is 2.27. The SMILES string of the molecule is O=C(NC1CCC(Oc2ncc(F)cn2)CC1)C1CC(=O)N(c2ccc(Cl)cc2)C1. The van der Waals surface area contributed by atoms with Crippen molar-refractivity contribution in [2.75, 3.05) is 11.4 Å². The Balaban J connectivity index is 1.25. The molecule has 0 bridgehead atoms. The first kappa shape index (κ1) is 20.5. The minimum absolute atomic E-state index is 0.0474. The predicted molar refractivity (Wildman–Crippen MR) is 109 cm³/mol. The molecule has 9 heteroatoms. The lowest BCUT2D eigenvalue weighted by Crippen LogP contribution is -2.43. The van der Waals surface area contributed by atoms with E-state index in [1.165, 1.54) is 0 Å². The molecule has 2 aromatic rings. The van der Waals surface area contributed by atoms with Crippen molar-refractivity contribution in [2.24, 2.45) is 5.92 Å². The minimum Gasteiger partial charge on any atom is -0.460 e. The van der Waals surface area contributed by atoms with E-state index in [9.17, 15) is 14.0 Å². The van der Waals surface area contributed by atoms with E-state index in [1.807, 2.05) is 0 Å². The highest BCUT2D eigenvalue weighted by atomic mass is 35.5. The van der Waals surface area contributed by atoms with Crippen LogP contribution in [-0.4, -0.2) is 40.5 Å². The van der Waals surface area contributed by atoms with Crippen molar-refractivity contribution in [2.45, 2.75) is 44.2 Å². The standard InChI is InChI=1S/C21H22ClFN4O3/c22-14-1-5-17(6-2-14)27-12-13(9-19(27)28)20(29)26-16-3-7-18(8-4-16)30-21-24-10-15(23)11-25-21/h1-2,5-6,10-11,13,16,18H,3-4,7-9,12H2,(H,26,29). The number of hydrogen-bond donors (Lipinski definition) is 1. The Kier molecular flexibility index (Phi) is 6.13. The van der Waals surface area contributed by atoms with E-state index < -0.39 is 5.82 Å². The molecule has 0 radical (unpaired) electrons. The maximum Gasteiger partial charge on any atom is 0.316 e. The molecular weight excluding hydrogens is 411 g/mol. The summed E-state index contributed by atoms with van der Waals surface area (Å²) in [5.74, 6) is -1.02. The number of ether oxygens (including phenoxy) is 1. The Morgan fingerprint density at radius 2 is 1.80 bits per heavy atom. The lowest BCUT2D eigenvalue weighted by molar-refractivity contribution is -0.127. The summed E-state index contributed by atoms with van der Waals surface area (Å²) in [4.78, 5) is 34.3. The summed E-state index contributed by atoms with van der Waals surface area (Å²) in [5, 5.41) is 3.68. The van der Waals surface area contributed by atoms with Gasteiger partial charge in [-0.15, -0.1) is 0 Å². The van der Waals surface area contributed by atoms with Crippen LogP contribution in [0.1, 0.15) is 32.1 Å². The Morgan fingerprint density at radius 3 is 2.47 bits per heavy atom. The smallest absolute Gasteiger partial charge is 0.316 e. The van der Waals surface area contributed by atoms with Crippen molar-refractivity contribution in [3.8, 4) is 6.01 Å². The highest BCUT2D eigenvalue weighted by molar-refractivity contribution is 6.30. The van der Waals surface area contributed by atoms with Gasteiger partial charge in [-0.05, 0) is 49.9 Å². The van der Waals surface area contributed by atoms with Crippen LogP contribution in [0.3, 0.4) is 0 Å². The van der Waals surface area contributed by atoms with Crippen LogP contribution >= 0.6 is 11.6 Å². The van der Waals surface area contributed by atoms with Gasteiger partial charge in [-0.25, -0.2) is 14.4 Å². The first-order chi connectivity index (χ1) is 14.5. The molecule has 30 heavy (non-hydrogen) atoms. The number of hydrogen-bond acceptors (Lipinski definition) is 5. The van der Waals surface area contributed by atoms with Gasteiger partial charge in [-0.3, -0.25) is 9.59 Å². The van der Waals surface area contributed by atoms with Gasteiger partial charge in [0.25, 0.3) is 0 Å². The van der Waals surface area contributed by atoms with Crippen LogP contribution in [0, 0.1) is 11.7 Å². The largest absolute Gasteiger partial charge is 0.460 e. The lowest BCUT2D eigenvalue weighted by Gasteiger charge is -2.29. The van der Waals surface area contributed by atoms with Crippen molar-refractivity contribution in [3.63, 3.8) is 0 Å². The van der Waals surface area contributed by atoms with Crippen LogP contribution in [0.15, 0.2) is 36.7 Å². The number of nitrogens with one attached hydrogen (secondary N) is 1. The fourth-order valence-corrected chi connectivity index (χ4v) is 4.03. The Labute approximate surface area is 178 Å². The molecule has 1 aromatic carbocycles. The Morgan fingerprint density at radius 1 is 1.13 bits per heavy atom. The number of amides is 2. The third kappa shape index (κ3) is 4.87. The molecule has 1 N–H and O–H groups in total. The zero-order chi connectivity index (χ0) is 21.1. The zero-order valence-electron chi connectivity index (χ0n) is 16.3. The molecule has 1 saturated heterocycles. The lowest BCUT2D eigenvalue weighted by atomic mass is 9.92.